The summed E-state index contributed by atoms with van der Waals surface area (Å²) in [6, 6.07) is 2.71. The molecule has 0 aliphatic heterocycles. The number of halogens is 2. The van der Waals surface area contributed by atoms with Gasteiger partial charge in [0.25, 0.3) is 5.91 Å². The van der Waals surface area contributed by atoms with Gasteiger partial charge in [0.15, 0.2) is 0 Å². The maximum absolute atomic E-state index is 11.5. The molecule has 0 aromatic heterocycles. The monoisotopic (exact) mass is 344 g/mol. The summed E-state index contributed by atoms with van der Waals surface area (Å²) in [5.74, 6) is -1.53. The highest BCUT2D eigenvalue weighted by atomic mass is 35.5. The molecule has 0 atom stereocenters. The van der Waals surface area contributed by atoms with Crippen LogP contribution < -0.4 is 10.6 Å². The second kappa shape index (κ2) is 7.82. The molecule has 0 aliphatic rings. The van der Waals surface area contributed by atoms with Crippen LogP contribution in [0, 0.1) is 0 Å². The SMILES string of the molecule is CC(=O)CC(=O)Nc1cc(Cl)c(NC(=O)/C=C(/C)O)cc1Cl. The van der Waals surface area contributed by atoms with E-state index in [1.807, 2.05) is 0 Å². The molecule has 6 nitrogen and oxygen atoms in total. The van der Waals surface area contributed by atoms with Crippen molar-refractivity contribution in [2.75, 3.05) is 10.6 Å². The first-order valence-corrected chi connectivity index (χ1v) is 6.91. The Balaban J connectivity index is 2.92. The molecule has 0 spiro atoms. The van der Waals surface area contributed by atoms with E-state index in [1.54, 1.807) is 0 Å². The van der Waals surface area contributed by atoms with Crippen LogP contribution in [-0.2, 0) is 14.4 Å². The van der Waals surface area contributed by atoms with Crippen LogP contribution in [0.2, 0.25) is 10.0 Å². The van der Waals surface area contributed by atoms with E-state index in [1.165, 1.54) is 26.0 Å². The molecule has 0 fully saturated rings. The number of ketones is 1. The number of anilines is 2. The van der Waals surface area contributed by atoms with E-state index in [0.29, 0.717) is 0 Å². The van der Waals surface area contributed by atoms with Crippen molar-refractivity contribution >= 4 is 52.2 Å². The first-order chi connectivity index (χ1) is 10.2. The van der Waals surface area contributed by atoms with E-state index in [9.17, 15) is 14.4 Å². The van der Waals surface area contributed by atoms with Crippen LogP contribution in [0.4, 0.5) is 11.4 Å². The molecular formula is C14H14Cl2N2O4. The summed E-state index contributed by atoms with van der Waals surface area (Å²) in [5, 5.41) is 14.2. The molecule has 0 bridgehead atoms. The quantitative estimate of drug-likeness (QED) is 0.433. The van der Waals surface area contributed by atoms with Crippen molar-refractivity contribution in [1.82, 2.24) is 0 Å². The number of hydrogen-bond acceptors (Lipinski definition) is 4. The van der Waals surface area contributed by atoms with E-state index in [4.69, 9.17) is 28.3 Å². The van der Waals surface area contributed by atoms with Gasteiger partial charge in [-0.25, -0.2) is 0 Å². The number of Topliss-reactive ketones (excluding diaryl/α,β-unsaturated/α-hetero) is 1. The summed E-state index contributed by atoms with van der Waals surface area (Å²) in [5.41, 5.74) is 0.448. The maximum Gasteiger partial charge on any atom is 0.251 e. The normalized spacial score (nSPS) is 11.0. The maximum atomic E-state index is 11.5. The van der Waals surface area contributed by atoms with Crippen LogP contribution in [-0.4, -0.2) is 22.7 Å². The van der Waals surface area contributed by atoms with Crippen LogP contribution >= 0.6 is 23.2 Å². The van der Waals surface area contributed by atoms with Gasteiger partial charge in [-0.3, -0.25) is 14.4 Å². The molecule has 22 heavy (non-hydrogen) atoms. The minimum Gasteiger partial charge on any atom is -0.512 e. The van der Waals surface area contributed by atoms with Crippen molar-refractivity contribution in [3.8, 4) is 0 Å². The van der Waals surface area contributed by atoms with Gasteiger partial charge in [0.2, 0.25) is 5.91 Å². The number of nitrogens with one attached hydrogen (secondary N) is 2. The van der Waals surface area contributed by atoms with Crippen LogP contribution in [0.3, 0.4) is 0 Å². The lowest BCUT2D eigenvalue weighted by atomic mass is 10.2. The van der Waals surface area contributed by atoms with Gasteiger partial charge < -0.3 is 15.7 Å². The Hall–Kier alpha value is -2.05. The van der Waals surface area contributed by atoms with Gasteiger partial charge in [-0.05, 0) is 26.0 Å². The third kappa shape index (κ3) is 5.75. The topological polar surface area (TPSA) is 95.5 Å². The molecule has 0 unspecified atom stereocenters. The number of rotatable bonds is 5. The van der Waals surface area contributed by atoms with E-state index in [-0.39, 0.29) is 39.4 Å². The molecule has 118 valence electrons. The van der Waals surface area contributed by atoms with Gasteiger partial charge in [-0.15, -0.1) is 0 Å². The number of carbonyl (C=O) groups is 3. The highest BCUT2D eigenvalue weighted by Crippen LogP contribution is 2.32. The second-order valence-corrected chi connectivity index (χ2v) is 5.33. The van der Waals surface area contributed by atoms with Gasteiger partial charge in [0.05, 0.1) is 33.6 Å². The summed E-state index contributed by atoms with van der Waals surface area (Å²) < 4.78 is 0. The Morgan fingerprint density at radius 1 is 1.09 bits per heavy atom. The highest BCUT2D eigenvalue weighted by molar-refractivity contribution is 6.38. The molecular weight excluding hydrogens is 331 g/mol. The summed E-state index contributed by atoms with van der Waals surface area (Å²) in [6.07, 6.45) is 0.708. The Morgan fingerprint density at radius 3 is 2.05 bits per heavy atom. The van der Waals surface area contributed by atoms with Gasteiger partial charge in [-0.2, -0.15) is 0 Å². The number of aliphatic hydroxyl groups excluding tert-OH is 1. The van der Waals surface area contributed by atoms with Crippen molar-refractivity contribution in [3.63, 3.8) is 0 Å². The number of allylic oxidation sites excluding steroid dienone is 1. The fourth-order valence-electron chi connectivity index (χ4n) is 1.52. The second-order valence-electron chi connectivity index (χ2n) is 4.51. The predicted octanol–water partition coefficient (Wildman–Crippen LogP) is 3.31. The minimum absolute atomic E-state index is 0.139. The lowest BCUT2D eigenvalue weighted by molar-refractivity contribution is -0.124. The predicted molar refractivity (Wildman–Crippen MR) is 85.4 cm³/mol. The molecule has 0 radical (unpaired) electrons. The van der Waals surface area contributed by atoms with Crippen molar-refractivity contribution in [2.24, 2.45) is 0 Å². The molecule has 1 aromatic rings. The number of benzene rings is 1. The standard InChI is InChI=1S/C14H14Cl2N2O4/c1-7(19)3-13(21)17-11-5-10(16)12(6-9(11)15)18-14(22)4-8(2)20/h3,5-6,19H,4H2,1-2H3,(H,17,21)(H,18,22)/b7-3-. The van der Waals surface area contributed by atoms with Gasteiger partial charge in [0, 0.05) is 6.08 Å². The Kier molecular flexibility index (Phi) is 6.39. The van der Waals surface area contributed by atoms with E-state index < -0.39 is 11.8 Å². The zero-order valence-electron chi connectivity index (χ0n) is 11.9. The van der Waals surface area contributed by atoms with Crippen molar-refractivity contribution in [1.29, 1.82) is 0 Å². The Bertz CT molecular complexity index is 652. The molecule has 2 amide bonds. The van der Waals surface area contributed by atoms with Crippen molar-refractivity contribution in [2.45, 2.75) is 20.3 Å². The number of hydrogen-bond donors (Lipinski definition) is 3. The zero-order chi connectivity index (χ0) is 16.9. The number of aliphatic hydroxyl groups is 1. The first-order valence-electron chi connectivity index (χ1n) is 6.15. The molecule has 0 heterocycles. The summed E-state index contributed by atoms with van der Waals surface area (Å²) in [7, 11) is 0. The van der Waals surface area contributed by atoms with Crippen molar-refractivity contribution < 1.29 is 19.5 Å². The molecule has 0 aliphatic carbocycles. The third-order valence-electron chi connectivity index (χ3n) is 2.34. The average molecular weight is 345 g/mol. The number of amides is 2. The fourth-order valence-corrected chi connectivity index (χ4v) is 1.94. The van der Waals surface area contributed by atoms with Crippen molar-refractivity contribution in [3.05, 3.63) is 34.0 Å². The fraction of sp³-hybridized carbons (Fsp3) is 0.214. The first kappa shape index (κ1) is 18.0. The van der Waals surface area contributed by atoms with E-state index in [2.05, 4.69) is 10.6 Å². The average Bonchev–Trinajstić information content (AvgIpc) is 2.33. The van der Waals surface area contributed by atoms with Crippen LogP contribution in [0.5, 0.6) is 0 Å². The molecule has 3 N–H and O–H groups in total. The lowest BCUT2D eigenvalue weighted by Crippen LogP contribution is -2.15. The minimum atomic E-state index is -0.577. The smallest absolute Gasteiger partial charge is 0.251 e. The zero-order valence-corrected chi connectivity index (χ0v) is 13.4. The van der Waals surface area contributed by atoms with E-state index >= 15 is 0 Å². The summed E-state index contributed by atoms with van der Waals surface area (Å²) in [4.78, 5) is 33.9. The summed E-state index contributed by atoms with van der Waals surface area (Å²) >= 11 is 12.0. The Morgan fingerprint density at radius 2 is 1.59 bits per heavy atom. The Labute approximate surface area is 137 Å². The molecule has 0 saturated carbocycles. The number of carbonyl (C=O) groups excluding carboxylic acids is 3. The molecule has 8 heteroatoms. The van der Waals surface area contributed by atoms with Crippen LogP contribution in [0.25, 0.3) is 0 Å². The third-order valence-corrected chi connectivity index (χ3v) is 2.96. The summed E-state index contributed by atoms with van der Waals surface area (Å²) in [6.45, 7) is 2.64. The van der Waals surface area contributed by atoms with Gasteiger partial charge in [0.1, 0.15) is 5.78 Å². The molecule has 1 aromatic carbocycles. The van der Waals surface area contributed by atoms with Crippen LogP contribution in [0.1, 0.15) is 20.3 Å². The lowest BCUT2D eigenvalue weighted by Gasteiger charge is -2.11. The largest absolute Gasteiger partial charge is 0.512 e. The van der Waals surface area contributed by atoms with Gasteiger partial charge in [-0.1, -0.05) is 23.2 Å². The van der Waals surface area contributed by atoms with Gasteiger partial charge >= 0.3 is 0 Å². The molecule has 0 saturated heterocycles. The highest BCUT2D eigenvalue weighted by Gasteiger charge is 2.12. The molecule has 1 rings (SSSR count). The van der Waals surface area contributed by atoms with E-state index in [0.717, 1.165) is 6.08 Å². The van der Waals surface area contributed by atoms with Crippen LogP contribution in [0.15, 0.2) is 24.0 Å².